The van der Waals surface area contributed by atoms with E-state index >= 15 is 0 Å². The van der Waals surface area contributed by atoms with Gasteiger partial charge in [-0.25, -0.2) is 4.39 Å². The van der Waals surface area contributed by atoms with Gasteiger partial charge in [-0.15, -0.1) is 0 Å². The van der Waals surface area contributed by atoms with Crippen LogP contribution in [-0.4, -0.2) is 17.9 Å². The average Bonchev–Trinajstić information content (AvgIpc) is 2.61. The summed E-state index contributed by atoms with van der Waals surface area (Å²) in [6.45, 7) is 4.25. The molecule has 126 valence electrons. The maximum atomic E-state index is 12.8. The smallest absolute Gasteiger partial charge is 0.251 e. The van der Waals surface area contributed by atoms with Crippen molar-refractivity contribution in [2.24, 2.45) is 0 Å². The van der Waals surface area contributed by atoms with Gasteiger partial charge in [-0.3, -0.25) is 9.59 Å². The highest BCUT2D eigenvalue weighted by Gasteiger charge is 2.10. The van der Waals surface area contributed by atoms with Crippen LogP contribution in [0.3, 0.4) is 0 Å². The van der Waals surface area contributed by atoms with Crippen LogP contribution >= 0.6 is 0 Å². The zero-order valence-corrected chi connectivity index (χ0v) is 13.8. The Bertz CT molecular complexity index is 696. The number of carbonyl (C=O) groups excluding carboxylic acids is 2. The second-order valence-electron chi connectivity index (χ2n) is 5.67. The number of hydrogen-bond acceptors (Lipinski definition) is 2. The van der Waals surface area contributed by atoms with E-state index in [4.69, 9.17) is 0 Å². The summed E-state index contributed by atoms with van der Waals surface area (Å²) in [5.41, 5.74) is 1.80. The fraction of sp³-hybridized carbons (Fsp3) is 0.263. The highest BCUT2D eigenvalue weighted by atomic mass is 19.1. The molecule has 5 heteroatoms. The average molecular weight is 328 g/mol. The normalized spacial score (nSPS) is 11.6. The van der Waals surface area contributed by atoms with E-state index in [1.54, 1.807) is 36.4 Å². The molecule has 0 fully saturated rings. The Hall–Kier alpha value is -2.69. The molecule has 0 aliphatic heterocycles. The van der Waals surface area contributed by atoms with Gasteiger partial charge in [0.2, 0.25) is 0 Å². The minimum Gasteiger partial charge on any atom is -0.350 e. The summed E-state index contributed by atoms with van der Waals surface area (Å²) in [7, 11) is 0. The Morgan fingerprint density at radius 2 is 1.50 bits per heavy atom. The topological polar surface area (TPSA) is 58.2 Å². The van der Waals surface area contributed by atoms with Crippen molar-refractivity contribution in [3.63, 3.8) is 0 Å². The lowest BCUT2D eigenvalue weighted by atomic mass is 10.1. The molecular formula is C19H21FN2O2. The molecular weight excluding hydrogens is 307 g/mol. The van der Waals surface area contributed by atoms with E-state index in [9.17, 15) is 14.0 Å². The molecule has 4 nitrogen and oxygen atoms in total. The zero-order valence-electron chi connectivity index (χ0n) is 13.8. The Morgan fingerprint density at radius 3 is 2.04 bits per heavy atom. The number of benzene rings is 2. The number of hydrogen-bond donors (Lipinski definition) is 2. The molecule has 0 aliphatic carbocycles. The van der Waals surface area contributed by atoms with Crippen LogP contribution in [0.4, 0.5) is 4.39 Å². The Kier molecular flexibility index (Phi) is 6.07. The second-order valence-corrected chi connectivity index (χ2v) is 5.67. The minimum atomic E-state index is -0.309. The van der Waals surface area contributed by atoms with Crippen LogP contribution in [-0.2, 0) is 6.54 Å². The highest BCUT2D eigenvalue weighted by Crippen LogP contribution is 2.07. The van der Waals surface area contributed by atoms with Gasteiger partial charge in [0.1, 0.15) is 5.82 Å². The first-order valence-electron chi connectivity index (χ1n) is 7.93. The fourth-order valence-electron chi connectivity index (χ4n) is 2.07. The third-order valence-electron chi connectivity index (χ3n) is 3.77. The van der Waals surface area contributed by atoms with E-state index in [0.29, 0.717) is 17.7 Å². The quantitative estimate of drug-likeness (QED) is 0.855. The van der Waals surface area contributed by atoms with Crippen LogP contribution in [0.2, 0.25) is 0 Å². The SMILES string of the molecule is CCC(C)NC(=O)c1ccc(C(=O)NCc2ccc(F)cc2)cc1. The predicted octanol–water partition coefficient (Wildman–Crippen LogP) is 3.28. The summed E-state index contributed by atoms with van der Waals surface area (Å²) in [6, 6.07) is 12.6. The number of amides is 2. The summed E-state index contributed by atoms with van der Waals surface area (Å²) in [5.74, 6) is -0.702. The molecule has 1 atom stereocenters. The molecule has 0 bridgehead atoms. The molecule has 2 aromatic rings. The summed E-state index contributed by atoms with van der Waals surface area (Å²) in [6.07, 6.45) is 0.857. The van der Waals surface area contributed by atoms with E-state index in [-0.39, 0.29) is 23.7 Å². The third kappa shape index (κ3) is 4.91. The molecule has 2 aromatic carbocycles. The standard InChI is InChI=1S/C19H21FN2O2/c1-3-13(2)22-19(24)16-8-6-15(7-9-16)18(23)21-12-14-4-10-17(20)11-5-14/h4-11,13H,3,12H2,1-2H3,(H,21,23)(H,22,24). The molecule has 0 aromatic heterocycles. The highest BCUT2D eigenvalue weighted by molar-refractivity contribution is 5.97. The van der Waals surface area contributed by atoms with Gasteiger partial charge in [0, 0.05) is 23.7 Å². The van der Waals surface area contributed by atoms with Gasteiger partial charge in [0.25, 0.3) is 11.8 Å². The van der Waals surface area contributed by atoms with Crippen LogP contribution in [0.1, 0.15) is 46.5 Å². The predicted molar refractivity (Wildman–Crippen MR) is 91.2 cm³/mol. The number of rotatable bonds is 6. The Balaban J connectivity index is 1.93. The lowest BCUT2D eigenvalue weighted by Crippen LogP contribution is -2.32. The van der Waals surface area contributed by atoms with Crippen LogP contribution in [0.25, 0.3) is 0 Å². The van der Waals surface area contributed by atoms with Gasteiger partial charge in [-0.2, -0.15) is 0 Å². The van der Waals surface area contributed by atoms with Crippen molar-refractivity contribution in [1.29, 1.82) is 0 Å². The lowest BCUT2D eigenvalue weighted by Gasteiger charge is -2.11. The molecule has 24 heavy (non-hydrogen) atoms. The first-order chi connectivity index (χ1) is 11.5. The molecule has 1 unspecified atom stereocenters. The third-order valence-corrected chi connectivity index (χ3v) is 3.77. The second kappa shape index (κ2) is 8.24. The number of halogens is 1. The zero-order chi connectivity index (χ0) is 17.5. The van der Waals surface area contributed by atoms with Gasteiger partial charge in [-0.05, 0) is 55.3 Å². The van der Waals surface area contributed by atoms with Crippen molar-refractivity contribution in [3.8, 4) is 0 Å². The molecule has 0 radical (unpaired) electrons. The van der Waals surface area contributed by atoms with Crippen molar-refractivity contribution < 1.29 is 14.0 Å². The molecule has 2 amide bonds. The fourth-order valence-corrected chi connectivity index (χ4v) is 2.07. The van der Waals surface area contributed by atoms with E-state index in [2.05, 4.69) is 10.6 Å². The summed E-state index contributed by atoms with van der Waals surface area (Å²) >= 11 is 0. The van der Waals surface area contributed by atoms with Gasteiger partial charge in [0.05, 0.1) is 0 Å². The monoisotopic (exact) mass is 328 g/mol. The maximum Gasteiger partial charge on any atom is 0.251 e. The van der Waals surface area contributed by atoms with Gasteiger partial charge in [0.15, 0.2) is 0 Å². The minimum absolute atomic E-state index is 0.108. The summed E-state index contributed by atoms with van der Waals surface area (Å²) in [4.78, 5) is 24.1. The van der Waals surface area contributed by atoms with Crippen molar-refractivity contribution in [1.82, 2.24) is 10.6 Å². The molecule has 2 N–H and O–H groups in total. The number of nitrogens with one attached hydrogen (secondary N) is 2. The van der Waals surface area contributed by atoms with E-state index in [1.165, 1.54) is 12.1 Å². The summed E-state index contributed by atoms with van der Waals surface area (Å²) in [5, 5.41) is 5.64. The van der Waals surface area contributed by atoms with E-state index in [1.807, 2.05) is 13.8 Å². The lowest BCUT2D eigenvalue weighted by molar-refractivity contribution is 0.0931. The van der Waals surface area contributed by atoms with Crippen molar-refractivity contribution >= 4 is 11.8 Å². The van der Waals surface area contributed by atoms with Crippen molar-refractivity contribution in [3.05, 3.63) is 71.0 Å². The van der Waals surface area contributed by atoms with Crippen LogP contribution in [0.5, 0.6) is 0 Å². The van der Waals surface area contributed by atoms with Crippen LogP contribution < -0.4 is 10.6 Å². The molecule has 0 heterocycles. The number of carbonyl (C=O) groups is 2. The maximum absolute atomic E-state index is 12.8. The van der Waals surface area contributed by atoms with Gasteiger partial charge < -0.3 is 10.6 Å². The molecule has 0 saturated carbocycles. The van der Waals surface area contributed by atoms with Crippen LogP contribution in [0.15, 0.2) is 48.5 Å². The van der Waals surface area contributed by atoms with E-state index < -0.39 is 0 Å². The summed E-state index contributed by atoms with van der Waals surface area (Å²) < 4.78 is 12.8. The Labute approximate surface area is 141 Å². The Morgan fingerprint density at radius 1 is 0.958 bits per heavy atom. The van der Waals surface area contributed by atoms with Crippen molar-refractivity contribution in [2.45, 2.75) is 32.9 Å². The van der Waals surface area contributed by atoms with Gasteiger partial charge >= 0.3 is 0 Å². The van der Waals surface area contributed by atoms with Crippen LogP contribution in [0, 0.1) is 5.82 Å². The van der Waals surface area contributed by atoms with E-state index in [0.717, 1.165) is 12.0 Å². The van der Waals surface area contributed by atoms with Gasteiger partial charge in [-0.1, -0.05) is 19.1 Å². The molecule has 0 spiro atoms. The first-order valence-corrected chi connectivity index (χ1v) is 7.93. The molecule has 0 aliphatic rings. The molecule has 2 rings (SSSR count). The molecule has 0 saturated heterocycles. The van der Waals surface area contributed by atoms with Crippen molar-refractivity contribution in [2.75, 3.05) is 0 Å². The largest absolute Gasteiger partial charge is 0.350 e. The first kappa shape index (κ1) is 17.7.